The average molecular weight is 283 g/mol. The fourth-order valence-electron chi connectivity index (χ4n) is 1.95. The Balaban J connectivity index is 2.10. The summed E-state index contributed by atoms with van der Waals surface area (Å²) in [6.45, 7) is 1.97. The number of hydrogen-bond donors (Lipinski definition) is 1. The lowest BCUT2D eigenvalue weighted by molar-refractivity contribution is 0.976. The van der Waals surface area contributed by atoms with E-state index in [0.29, 0.717) is 0 Å². The number of aromatic amines is 1. The van der Waals surface area contributed by atoms with Crippen molar-refractivity contribution < 1.29 is 0 Å². The molecule has 3 rings (SSSR count). The summed E-state index contributed by atoms with van der Waals surface area (Å²) in [7, 11) is 0. The first kappa shape index (κ1) is 12.8. The van der Waals surface area contributed by atoms with Gasteiger partial charge in [0.05, 0.1) is 23.3 Å². The van der Waals surface area contributed by atoms with E-state index in [4.69, 9.17) is 0 Å². The first-order valence-corrected chi connectivity index (χ1v) is 7.35. The van der Waals surface area contributed by atoms with E-state index in [2.05, 4.69) is 25.1 Å². The van der Waals surface area contributed by atoms with Crippen molar-refractivity contribution in [2.75, 3.05) is 6.26 Å². The minimum Gasteiger partial charge on any atom is -0.276 e. The monoisotopic (exact) mass is 283 g/mol. The van der Waals surface area contributed by atoms with Gasteiger partial charge in [-0.15, -0.1) is 0 Å². The van der Waals surface area contributed by atoms with Gasteiger partial charge in [-0.3, -0.25) is 10.1 Å². The Morgan fingerprint density at radius 1 is 1.10 bits per heavy atom. The zero-order valence-corrected chi connectivity index (χ0v) is 12.0. The van der Waals surface area contributed by atoms with Crippen molar-refractivity contribution in [3.8, 4) is 22.6 Å². The third-order valence-electron chi connectivity index (χ3n) is 2.88. The van der Waals surface area contributed by atoms with Gasteiger partial charge in [-0.25, -0.2) is 9.97 Å². The summed E-state index contributed by atoms with van der Waals surface area (Å²) in [6, 6.07) is 7.79. The number of hydrogen-bond acceptors (Lipinski definition) is 5. The first-order chi connectivity index (χ1) is 9.78. The fraction of sp³-hybridized carbons (Fsp3) is 0.143. The molecular formula is C14H13N5S. The van der Waals surface area contributed by atoms with Crippen molar-refractivity contribution in [1.29, 1.82) is 0 Å². The first-order valence-electron chi connectivity index (χ1n) is 6.13. The van der Waals surface area contributed by atoms with Gasteiger partial charge < -0.3 is 0 Å². The number of rotatable bonds is 3. The van der Waals surface area contributed by atoms with Gasteiger partial charge in [0.15, 0.2) is 5.16 Å². The summed E-state index contributed by atoms with van der Waals surface area (Å²) in [5.41, 5.74) is 4.48. The molecule has 0 radical (unpaired) electrons. The Hall–Kier alpha value is -2.21. The predicted molar refractivity (Wildman–Crippen MR) is 79.4 cm³/mol. The van der Waals surface area contributed by atoms with Crippen LogP contribution < -0.4 is 0 Å². The maximum Gasteiger partial charge on any atom is 0.187 e. The van der Waals surface area contributed by atoms with Crippen LogP contribution in [0.5, 0.6) is 0 Å². The summed E-state index contributed by atoms with van der Waals surface area (Å²) in [6.07, 6.45) is 5.48. The lowest BCUT2D eigenvalue weighted by atomic mass is 10.1. The van der Waals surface area contributed by atoms with Gasteiger partial charge in [-0.1, -0.05) is 17.8 Å². The third-order valence-corrected chi connectivity index (χ3v) is 3.44. The molecule has 5 nitrogen and oxygen atoms in total. The summed E-state index contributed by atoms with van der Waals surface area (Å²) in [5, 5.41) is 7.88. The largest absolute Gasteiger partial charge is 0.276 e. The van der Waals surface area contributed by atoms with E-state index in [1.54, 1.807) is 12.4 Å². The van der Waals surface area contributed by atoms with Gasteiger partial charge in [-0.2, -0.15) is 5.10 Å². The second-order valence-electron chi connectivity index (χ2n) is 4.25. The molecule has 1 N–H and O–H groups in total. The van der Waals surface area contributed by atoms with Crippen LogP contribution in [0.1, 0.15) is 5.69 Å². The van der Waals surface area contributed by atoms with Crippen LogP contribution in [0, 0.1) is 6.92 Å². The lowest BCUT2D eigenvalue weighted by Crippen LogP contribution is -1.92. The molecule has 0 saturated heterocycles. The lowest BCUT2D eigenvalue weighted by Gasteiger charge is -2.04. The highest BCUT2D eigenvalue weighted by molar-refractivity contribution is 7.98. The van der Waals surface area contributed by atoms with Crippen molar-refractivity contribution in [2.24, 2.45) is 0 Å². The van der Waals surface area contributed by atoms with Crippen molar-refractivity contribution in [3.63, 3.8) is 0 Å². The molecule has 3 aromatic heterocycles. The number of pyridine rings is 1. The Morgan fingerprint density at radius 2 is 2.00 bits per heavy atom. The van der Waals surface area contributed by atoms with Crippen LogP contribution in [-0.4, -0.2) is 31.4 Å². The zero-order chi connectivity index (χ0) is 13.9. The SMILES string of the molecule is CSc1nccc(-c2cn[nH]c2-c2cccc(C)n2)n1. The Labute approximate surface area is 120 Å². The topological polar surface area (TPSA) is 67.3 Å². The van der Waals surface area contributed by atoms with E-state index >= 15 is 0 Å². The van der Waals surface area contributed by atoms with E-state index < -0.39 is 0 Å². The van der Waals surface area contributed by atoms with Gasteiger partial charge >= 0.3 is 0 Å². The highest BCUT2D eigenvalue weighted by Crippen LogP contribution is 2.28. The smallest absolute Gasteiger partial charge is 0.187 e. The van der Waals surface area contributed by atoms with Crippen molar-refractivity contribution in [2.45, 2.75) is 12.1 Å². The molecule has 3 heterocycles. The normalized spacial score (nSPS) is 10.7. The Bertz CT molecular complexity index is 738. The van der Waals surface area contributed by atoms with Gasteiger partial charge in [0.2, 0.25) is 0 Å². The number of aromatic nitrogens is 5. The molecule has 0 aliphatic carbocycles. The van der Waals surface area contributed by atoms with Crippen LogP contribution in [0.25, 0.3) is 22.6 Å². The number of nitrogens with one attached hydrogen (secondary N) is 1. The maximum absolute atomic E-state index is 4.52. The van der Waals surface area contributed by atoms with Gasteiger partial charge in [0.25, 0.3) is 0 Å². The Kier molecular flexibility index (Phi) is 3.47. The van der Waals surface area contributed by atoms with E-state index in [9.17, 15) is 0 Å². The number of aryl methyl sites for hydroxylation is 1. The molecule has 20 heavy (non-hydrogen) atoms. The van der Waals surface area contributed by atoms with Crippen LogP contribution in [0.4, 0.5) is 0 Å². The highest BCUT2D eigenvalue weighted by Gasteiger charge is 2.12. The van der Waals surface area contributed by atoms with Crippen molar-refractivity contribution in [1.82, 2.24) is 25.1 Å². The minimum atomic E-state index is 0.742. The number of H-pyrrole nitrogens is 1. The van der Waals surface area contributed by atoms with Gasteiger partial charge in [-0.05, 0) is 31.4 Å². The van der Waals surface area contributed by atoms with E-state index in [1.165, 1.54) is 11.8 Å². The molecular weight excluding hydrogens is 270 g/mol. The average Bonchev–Trinajstić information content (AvgIpc) is 2.97. The molecule has 0 aromatic carbocycles. The molecule has 0 aliphatic rings. The molecule has 0 amide bonds. The second kappa shape index (κ2) is 5.42. The van der Waals surface area contributed by atoms with Crippen molar-refractivity contribution in [3.05, 3.63) is 42.4 Å². The quantitative estimate of drug-likeness (QED) is 0.591. The molecule has 100 valence electrons. The predicted octanol–water partition coefficient (Wildman–Crippen LogP) is 2.96. The van der Waals surface area contributed by atoms with Crippen molar-refractivity contribution >= 4 is 11.8 Å². The van der Waals surface area contributed by atoms with Crippen LogP contribution in [0.3, 0.4) is 0 Å². The zero-order valence-electron chi connectivity index (χ0n) is 11.2. The van der Waals surface area contributed by atoms with E-state index in [1.807, 2.05) is 37.4 Å². The van der Waals surface area contributed by atoms with Crippen LogP contribution >= 0.6 is 11.8 Å². The highest BCUT2D eigenvalue weighted by atomic mass is 32.2. The van der Waals surface area contributed by atoms with E-state index in [-0.39, 0.29) is 0 Å². The summed E-state index contributed by atoms with van der Waals surface area (Å²) in [4.78, 5) is 13.2. The number of nitrogens with zero attached hydrogens (tertiary/aromatic N) is 4. The molecule has 0 spiro atoms. The van der Waals surface area contributed by atoms with Crippen LogP contribution in [0.2, 0.25) is 0 Å². The summed E-state index contributed by atoms with van der Waals surface area (Å²) in [5.74, 6) is 0. The van der Waals surface area contributed by atoms with Crippen LogP contribution in [0.15, 0.2) is 41.8 Å². The Morgan fingerprint density at radius 3 is 2.80 bits per heavy atom. The molecule has 0 unspecified atom stereocenters. The fourth-order valence-corrected chi connectivity index (χ4v) is 2.30. The molecule has 0 fully saturated rings. The van der Waals surface area contributed by atoms with E-state index in [0.717, 1.165) is 33.5 Å². The summed E-state index contributed by atoms with van der Waals surface area (Å²) < 4.78 is 0. The third kappa shape index (κ3) is 2.42. The summed E-state index contributed by atoms with van der Waals surface area (Å²) >= 11 is 1.52. The van der Waals surface area contributed by atoms with Gasteiger partial charge in [0.1, 0.15) is 0 Å². The molecule has 0 bridgehead atoms. The second-order valence-corrected chi connectivity index (χ2v) is 5.02. The maximum atomic E-state index is 4.52. The standard InChI is InChI=1S/C14H13N5S/c1-9-4-3-5-12(17-9)13-10(8-16-19-13)11-6-7-15-14(18-11)20-2/h3-8H,1-2H3,(H,16,19). The minimum absolute atomic E-state index is 0.742. The molecule has 0 aliphatic heterocycles. The molecule has 3 aromatic rings. The molecule has 0 atom stereocenters. The molecule has 6 heteroatoms. The number of thioether (sulfide) groups is 1. The van der Waals surface area contributed by atoms with Crippen LogP contribution in [-0.2, 0) is 0 Å². The van der Waals surface area contributed by atoms with Gasteiger partial charge in [0, 0.05) is 17.5 Å². The molecule has 0 saturated carbocycles.